The van der Waals surface area contributed by atoms with Crippen LogP contribution in [0.15, 0.2) is 18.3 Å². The molecule has 1 aliphatic heterocycles. The Hall–Kier alpha value is -1.35. The van der Waals surface area contributed by atoms with Crippen molar-refractivity contribution < 1.29 is 0 Å². The molecule has 1 saturated heterocycles. The van der Waals surface area contributed by atoms with E-state index in [4.69, 9.17) is 0 Å². The van der Waals surface area contributed by atoms with Gasteiger partial charge in [-0.3, -0.25) is 4.90 Å². The maximum Gasteiger partial charge on any atom is 0.137 e. The summed E-state index contributed by atoms with van der Waals surface area (Å²) in [6.45, 7) is 10.4. The second kappa shape index (κ2) is 6.18. The van der Waals surface area contributed by atoms with E-state index in [0.29, 0.717) is 5.92 Å². The van der Waals surface area contributed by atoms with E-state index < -0.39 is 0 Å². The summed E-state index contributed by atoms with van der Waals surface area (Å²) < 4.78 is 0. The van der Waals surface area contributed by atoms with Crippen molar-refractivity contribution in [3.05, 3.63) is 29.6 Å². The lowest BCUT2D eigenvalue weighted by molar-refractivity contribution is 0.312. The third-order valence-electron chi connectivity index (χ3n) is 4.74. The fraction of sp³-hybridized carbons (Fsp3) is 0.611. The molecule has 114 valence electrons. The van der Waals surface area contributed by atoms with Gasteiger partial charge in [0.2, 0.25) is 0 Å². The van der Waals surface area contributed by atoms with E-state index in [1.165, 1.54) is 49.0 Å². The summed E-state index contributed by atoms with van der Waals surface area (Å²) in [5.74, 6) is 1.42. The van der Waals surface area contributed by atoms with Gasteiger partial charge in [-0.15, -0.1) is 0 Å². The van der Waals surface area contributed by atoms with Crippen LogP contribution in [0.4, 0.5) is 0 Å². The van der Waals surface area contributed by atoms with Crippen LogP contribution in [0.5, 0.6) is 0 Å². The summed E-state index contributed by atoms with van der Waals surface area (Å²) in [6, 6.07) is 4.26. The predicted molar refractivity (Wildman–Crippen MR) is 88.5 cm³/mol. The van der Waals surface area contributed by atoms with E-state index >= 15 is 0 Å². The Morgan fingerprint density at radius 2 is 2.29 bits per heavy atom. The van der Waals surface area contributed by atoms with E-state index in [1.54, 1.807) is 0 Å². The Balaban J connectivity index is 1.84. The first-order chi connectivity index (χ1) is 10.2. The van der Waals surface area contributed by atoms with Crippen molar-refractivity contribution >= 4 is 11.0 Å². The van der Waals surface area contributed by atoms with E-state index in [9.17, 15) is 0 Å². The number of likely N-dealkylation sites (tertiary alicyclic amines) is 1. The van der Waals surface area contributed by atoms with Crippen molar-refractivity contribution in [2.75, 3.05) is 13.1 Å². The van der Waals surface area contributed by atoms with Crippen LogP contribution in [0.25, 0.3) is 11.0 Å². The first kappa shape index (κ1) is 14.6. The molecular weight excluding hydrogens is 258 g/mol. The molecule has 1 N–H and O–H groups in total. The molecule has 0 bridgehead atoms. The Bertz CT molecular complexity index is 600. The second-order valence-corrected chi connectivity index (χ2v) is 6.75. The molecule has 1 aliphatic rings. The molecule has 0 saturated carbocycles. The summed E-state index contributed by atoms with van der Waals surface area (Å²) in [5.41, 5.74) is 3.87. The van der Waals surface area contributed by atoms with Crippen molar-refractivity contribution in [3.8, 4) is 0 Å². The SMILES string of the molecule is CCCC1CCN(Cc2c(C(C)C)[nH]c3ncccc23)C1. The fourth-order valence-electron chi connectivity index (χ4n) is 3.68. The molecule has 1 unspecified atom stereocenters. The van der Waals surface area contributed by atoms with Crippen LogP contribution in [-0.4, -0.2) is 28.0 Å². The van der Waals surface area contributed by atoms with Gasteiger partial charge >= 0.3 is 0 Å². The molecule has 3 nitrogen and oxygen atoms in total. The fourth-order valence-corrected chi connectivity index (χ4v) is 3.68. The van der Waals surface area contributed by atoms with Crippen LogP contribution in [-0.2, 0) is 6.54 Å². The highest BCUT2D eigenvalue weighted by molar-refractivity contribution is 5.81. The molecule has 2 aromatic heterocycles. The zero-order valence-electron chi connectivity index (χ0n) is 13.5. The Kier molecular flexibility index (Phi) is 4.29. The van der Waals surface area contributed by atoms with Crippen LogP contribution in [0.1, 0.15) is 57.2 Å². The monoisotopic (exact) mass is 285 g/mol. The molecule has 2 aromatic rings. The van der Waals surface area contributed by atoms with Gasteiger partial charge < -0.3 is 4.98 Å². The zero-order chi connectivity index (χ0) is 14.8. The average molecular weight is 285 g/mol. The Morgan fingerprint density at radius 1 is 1.43 bits per heavy atom. The summed E-state index contributed by atoms with van der Waals surface area (Å²) in [4.78, 5) is 10.7. The summed E-state index contributed by atoms with van der Waals surface area (Å²) in [7, 11) is 0. The van der Waals surface area contributed by atoms with Crippen LogP contribution >= 0.6 is 0 Å². The predicted octanol–water partition coefficient (Wildman–Crippen LogP) is 4.31. The van der Waals surface area contributed by atoms with Crippen molar-refractivity contribution in [3.63, 3.8) is 0 Å². The molecule has 0 radical (unpaired) electrons. The highest BCUT2D eigenvalue weighted by Crippen LogP contribution is 2.30. The number of fused-ring (bicyclic) bond motifs is 1. The molecule has 1 fully saturated rings. The van der Waals surface area contributed by atoms with Gasteiger partial charge in [-0.05, 0) is 48.9 Å². The third kappa shape index (κ3) is 2.98. The van der Waals surface area contributed by atoms with Gasteiger partial charge in [0, 0.05) is 30.4 Å². The molecule has 3 rings (SSSR count). The smallest absolute Gasteiger partial charge is 0.137 e. The first-order valence-electron chi connectivity index (χ1n) is 8.36. The number of pyridine rings is 1. The van der Waals surface area contributed by atoms with Gasteiger partial charge in [-0.25, -0.2) is 4.98 Å². The Morgan fingerprint density at radius 3 is 3.05 bits per heavy atom. The van der Waals surface area contributed by atoms with Crippen LogP contribution in [0, 0.1) is 5.92 Å². The Labute approximate surface area is 127 Å². The molecule has 21 heavy (non-hydrogen) atoms. The molecule has 3 heteroatoms. The van der Waals surface area contributed by atoms with Crippen LogP contribution in [0.2, 0.25) is 0 Å². The molecule has 3 heterocycles. The topological polar surface area (TPSA) is 31.9 Å². The molecule has 0 aromatic carbocycles. The number of rotatable bonds is 5. The highest BCUT2D eigenvalue weighted by Gasteiger charge is 2.24. The lowest BCUT2D eigenvalue weighted by Gasteiger charge is -2.17. The summed E-state index contributed by atoms with van der Waals surface area (Å²) >= 11 is 0. The number of nitrogens with one attached hydrogen (secondary N) is 1. The van der Waals surface area contributed by atoms with Gasteiger partial charge in [-0.2, -0.15) is 0 Å². The van der Waals surface area contributed by atoms with Gasteiger partial charge in [0.05, 0.1) is 0 Å². The lowest BCUT2D eigenvalue weighted by Crippen LogP contribution is -2.20. The largest absolute Gasteiger partial charge is 0.343 e. The highest BCUT2D eigenvalue weighted by atomic mass is 15.1. The summed E-state index contributed by atoms with van der Waals surface area (Å²) in [6.07, 6.45) is 5.93. The molecule has 0 amide bonds. The summed E-state index contributed by atoms with van der Waals surface area (Å²) in [5, 5.41) is 1.31. The minimum atomic E-state index is 0.517. The number of H-pyrrole nitrogens is 1. The van der Waals surface area contributed by atoms with Gasteiger partial charge in [-0.1, -0.05) is 27.2 Å². The molecule has 1 atom stereocenters. The van der Waals surface area contributed by atoms with E-state index in [1.807, 2.05) is 12.3 Å². The molecule has 0 aliphatic carbocycles. The van der Waals surface area contributed by atoms with E-state index in [-0.39, 0.29) is 0 Å². The molecular formula is C18H27N3. The quantitative estimate of drug-likeness (QED) is 0.887. The maximum atomic E-state index is 4.49. The van der Waals surface area contributed by atoms with Crippen molar-refractivity contribution in [1.29, 1.82) is 0 Å². The van der Waals surface area contributed by atoms with Gasteiger partial charge in [0.1, 0.15) is 5.65 Å². The van der Waals surface area contributed by atoms with E-state index in [2.05, 4.69) is 41.7 Å². The number of hydrogen-bond donors (Lipinski definition) is 1. The number of aromatic amines is 1. The first-order valence-corrected chi connectivity index (χ1v) is 8.36. The average Bonchev–Trinajstić information content (AvgIpc) is 3.05. The second-order valence-electron chi connectivity index (χ2n) is 6.75. The minimum Gasteiger partial charge on any atom is -0.343 e. The third-order valence-corrected chi connectivity index (χ3v) is 4.74. The van der Waals surface area contributed by atoms with Crippen LogP contribution < -0.4 is 0 Å². The zero-order valence-corrected chi connectivity index (χ0v) is 13.5. The number of aromatic nitrogens is 2. The normalized spacial score (nSPS) is 19.9. The number of hydrogen-bond acceptors (Lipinski definition) is 2. The van der Waals surface area contributed by atoms with Crippen molar-refractivity contribution in [1.82, 2.24) is 14.9 Å². The van der Waals surface area contributed by atoms with Crippen molar-refractivity contribution in [2.24, 2.45) is 5.92 Å². The number of nitrogens with zero attached hydrogens (tertiary/aromatic N) is 2. The minimum absolute atomic E-state index is 0.517. The van der Waals surface area contributed by atoms with Gasteiger partial charge in [0.25, 0.3) is 0 Å². The van der Waals surface area contributed by atoms with Crippen molar-refractivity contribution in [2.45, 2.75) is 52.5 Å². The van der Waals surface area contributed by atoms with E-state index in [0.717, 1.165) is 18.1 Å². The maximum absolute atomic E-state index is 4.49. The molecule has 0 spiro atoms. The lowest BCUT2D eigenvalue weighted by atomic mass is 10.0. The van der Waals surface area contributed by atoms with Gasteiger partial charge in [0.15, 0.2) is 0 Å². The standard InChI is InChI=1S/C18H27N3/c1-4-6-14-8-10-21(11-14)12-16-15-7-5-9-19-18(15)20-17(16)13(2)3/h5,7,9,13-14H,4,6,8,10-12H2,1-3H3,(H,19,20). The van der Waals surface area contributed by atoms with Crippen LogP contribution in [0.3, 0.4) is 0 Å².